The first-order chi connectivity index (χ1) is 12.3. The van der Waals surface area contributed by atoms with Gasteiger partial charge < -0.3 is 0 Å². The molecule has 0 amide bonds. The molecule has 3 aromatic rings. The summed E-state index contributed by atoms with van der Waals surface area (Å²) in [6, 6.07) is 21.7. The zero-order chi connectivity index (χ0) is 18.8. The van der Waals surface area contributed by atoms with E-state index in [1.54, 1.807) is 12.1 Å². The highest BCUT2D eigenvalue weighted by atomic mass is 32.2. The molecule has 0 saturated heterocycles. The number of para-hydroxylation sites is 1. The van der Waals surface area contributed by atoms with E-state index in [0.717, 1.165) is 17.4 Å². The lowest BCUT2D eigenvalue weighted by atomic mass is 10.0. The number of rotatable bonds is 5. The lowest BCUT2D eigenvalue weighted by Crippen LogP contribution is -2.13. The van der Waals surface area contributed by atoms with Crippen molar-refractivity contribution in [3.05, 3.63) is 78.9 Å². The summed E-state index contributed by atoms with van der Waals surface area (Å²) in [4.78, 5) is 0.0638. The topological polar surface area (TPSA) is 80.3 Å². The molecule has 26 heavy (non-hydrogen) atoms. The van der Waals surface area contributed by atoms with Crippen LogP contribution in [0.2, 0.25) is 0 Å². The van der Waals surface area contributed by atoms with Gasteiger partial charge in [-0.3, -0.25) is 4.72 Å². The molecule has 0 atom stereocenters. The molecule has 0 heterocycles. The maximum absolute atomic E-state index is 12.7. The van der Waals surface area contributed by atoms with Crippen LogP contribution in [-0.4, -0.2) is 23.1 Å². The minimum Gasteiger partial charge on any atom is -0.279 e. The van der Waals surface area contributed by atoms with Gasteiger partial charge in [-0.25, -0.2) is 16.8 Å². The Morgan fingerprint density at radius 2 is 1.19 bits per heavy atom. The number of benzene rings is 3. The summed E-state index contributed by atoms with van der Waals surface area (Å²) in [5.41, 5.74) is 2.09. The van der Waals surface area contributed by atoms with E-state index in [9.17, 15) is 16.8 Å². The third kappa shape index (κ3) is 3.95. The van der Waals surface area contributed by atoms with E-state index in [4.69, 9.17) is 0 Å². The number of hydrogen-bond acceptors (Lipinski definition) is 4. The highest BCUT2D eigenvalue weighted by molar-refractivity contribution is 7.92. The van der Waals surface area contributed by atoms with Crippen LogP contribution in [0.3, 0.4) is 0 Å². The highest BCUT2D eigenvalue weighted by Crippen LogP contribution is 2.29. The van der Waals surface area contributed by atoms with Crippen molar-refractivity contribution in [2.24, 2.45) is 0 Å². The minimum absolute atomic E-state index is 0.00670. The molecule has 0 fully saturated rings. The molecular formula is C19H17NO4S2. The van der Waals surface area contributed by atoms with Crippen LogP contribution in [0.15, 0.2) is 88.7 Å². The van der Waals surface area contributed by atoms with Crippen molar-refractivity contribution in [1.82, 2.24) is 0 Å². The van der Waals surface area contributed by atoms with Gasteiger partial charge in [0.25, 0.3) is 10.0 Å². The zero-order valence-electron chi connectivity index (χ0n) is 14.0. The predicted molar refractivity (Wildman–Crippen MR) is 102 cm³/mol. The maximum Gasteiger partial charge on any atom is 0.261 e. The summed E-state index contributed by atoms with van der Waals surface area (Å²) in [5.74, 6) is 0. The fourth-order valence-electron chi connectivity index (χ4n) is 2.51. The van der Waals surface area contributed by atoms with Crippen LogP contribution < -0.4 is 4.72 Å². The molecule has 7 heteroatoms. The molecule has 0 aliphatic carbocycles. The van der Waals surface area contributed by atoms with Crippen molar-refractivity contribution >= 4 is 25.5 Å². The van der Waals surface area contributed by atoms with Gasteiger partial charge in [0.05, 0.1) is 15.5 Å². The lowest BCUT2D eigenvalue weighted by Gasteiger charge is -2.13. The fourth-order valence-corrected chi connectivity index (χ4v) is 4.22. The number of sulfone groups is 1. The summed E-state index contributed by atoms with van der Waals surface area (Å²) < 4.78 is 51.0. The first kappa shape index (κ1) is 18.2. The average molecular weight is 387 g/mol. The van der Waals surface area contributed by atoms with Gasteiger partial charge >= 0.3 is 0 Å². The Morgan fingerprint density at radius 3 is 1.81 bits per heavy atom. The van der Waals surface area contributed by atoms with Gasteiger partial charge in [0.15, 0.2) is 9.84 Å². The number of hydrogen-bond donors (Lipinski definition) is 1. The quantitative estimate of drug-likeness (QED) is 0.726. The summed E-state index contributed by atoms with van der Waals surface area (Å²) >= 11 is 0. The van der Waals surface area contributed by atoms with E-state index in [-0.39, 0.29) is 9.79 Å². The van der Waals surface area contributed by atoms with Gasteiger partial charge in [-0.05, 0) is 35.9 Å². The zero-order valence-corrected chi connectivity index (χ0v) is 15.6. The highest BCUT2D eigenvalue weighted by Gasteiger charge is 2.17. The Kier molecular flexibility index (Phi) is 4.84. The smallest absolute Gasteiger partial charge is 0.261 e. The van der Waals surface area contributed by atoms with Gasteiger partial charge in [0.1, 0.15) is 0 Å². The molecule has 0 radical (unpaired) electrons. The van der Waals surface area contributed by atoms with Crippen LogP contribution in [0.4, 0.5) is 5.69 Å². The first-order valence-corrected chi connectivity index (χ1v) is 11.1. The van der Waals surface area contributed by atoms with E-state index < -0.39 is 19.9 Å². The van der Waals surface area contributed by atoms with E-state index in [0.29, 0.717) is 5.69 Å². The second-order valence-corrected chi connectivity index (χ2v) is 9.46. The van der Waals surface area contributed by atoms with Gasteiger partial charge in [-0.1, -0.05) is 48.5 Å². The summed E-state index contributed by atoms with van der Waals surface area (Å²) in [6.45, 7) is 0. The Hall–Kier alpha value is -2.64. The number of nitrogens with one attached hydrogen (secondary N) is 1. The fraction of sp³-hybridized carbons (Fsp3) is 0.0526. The molecule has 0 bridgehead atoms. The predicted octanol–water partition coefficient (Wildman–Crippen LogP) is 3.56. The van der Waals surface area contributed by atoms with Crippen LogP contribution in [0.1, 0.15) is 0 Å². The molecule has 0 aliphatic rings. The van der Waals surface area contributed by atoms with Crippen LogP contribution in [0, 0.1) is 0 Å². The third-order valence-electron chi connectivity index (χ3n) is 3.82. The van der Waals surface area contributed by atoms with E-state index in [2.05, 4.69) is 4.72 Å². The number of anilines is 1. The summed E-state index contributed by atoms with van der Waals surface area (Å²) in [7, 11) is -7.23. The molecular weight excluding hydrogens is 370 g/mol. The van der Waals surface area contributed by atoms with Crippen LogP contribution in [-0.2, 0) is 19.9 Å². The van der Waals surface area contributed by atoms with E-state index >= 15 is 0 Å². The monoisotopic (exact) mass is 387 g/mol. The molecule has 0 saturated carbocycles. The molecule has 0 aliphatic heterocycles. The molecule has 0 aromatic heterocycles. The molecule has 3 aromatic carbocycles. The average Bonchev–Trinajstić information content (AvgIpc) is 2.62. The molecule has 1 N–H and O–H groups in total. The summed E-state index contributed by atoms with van der Waals surface area (Å²) in [5, 5.41) is 0. The first-order valence-electron chi connectivity index (χ1n) is 7.75. The molecule has 5 nitrogen and oxygen atoms in total. The third-order valence-corrected chi connectivity index (χ3v) is 6.33. The van der Waals surface area contributed by atoms with Crippen LogP contribution in [0.5, 0.6) is 0 Å². The van der Waals surface area contributed by atoms with Crippen molar-refractivity contribution in [3.8, 4) is 11.1 Å². The molecule has 0 unspecified atom stereocenters. The Morgan fingerprint density at radius 1 is 0.654 bits per heavy atom. The van der Waals surface area contributed by atoms with Gasteiger partial charge in [-0.15, -0.1) is 0 Å². The molecule has 0 spiro atoms. The Balaban J connectivity index is 1.96. The Labute approximate surface area is 153 Å². The van der Waals surface area contributed by atoms with Crippen molar-refractivity contribution in [3.63, 3.8) is 0 Å². The van der Waals surface area contributed by atoms with Gasteiger partial charge in [0, 0.05) is 11.8 Å². The van der Waals surface area contributed by atoms with Crippen molar-refractivity contribution in [2.75, 3.05) is 11.0 Å². The second-order valence-electron chi connectivity index (χ2n) is 5.76. The number of sulfonamides is 1. The van der Waals surface area contributed by atoms with Crippen LogP contribution in [0.25, 0.3) is 11.1 Å². The normalized spacial score (nSPS) is 11.9. The van der Waals surface area contributed by atoms with Gasteiger partial charge in [-0.2, -0.15) is 0 Å². The van der Waals surface area contributed by atoms with Crippen molar-refractivity contribution in [2.45, 2.75) is 9.79 Å². The van der Waals surface area contributed by atoms with E-state index in [1.165, 1.54) is 24.3 Å². The largest absolute Gasteiger partial charge is 0.279 e. The summed E-state index contributed by atoms with van der Waals surface area (Å²) in [6.07, 6.45) is 1.07. The van der Waals surface area contributed by atoms with Crippen LogP contribution >= 0.6 is 0 Å². The Bertz CT molecular complexity index is 1120. The molecule has 134 valence electrons. The SMILES string of the molecule is CS(=O)(=O)c1ccc(S(=O)(=O)Nc2ccccc2-c2ccccc2)cc1. The van der Waals surface area contributed by atoms with Gasteiger partial charge in [0.2, 0.25) is 0 Å². The van der Waals surface area contributed by atoms with E-state index in [1.807, 2.05) is 42.5 Å². The minimum atomic E-state index is -3.85. The standard InChI is InChI=1S/C19H17NO4S2/c1-25(21,22)16-11-13-17(14-12-16)26(23,24)20-19-10-6-5-9-18(19)15-7-3-2-4-8-15/h2-14,20H,1H3. The molecule has 3 rings (SSSR count). The maximum atomic E-state index is 12.7. The second kappa shape index (κ2) is 6.93. The van der Waals surface area contributed by atoms with Crippen molar-refractivity contribution < 1.29 is 16.8 Å². The lowest BCUT2D eigenvalue weighted by molar-refractivity contribution is 0.597. The van der Waals surface area contributed by atoms with Crippen molar-refractivity contribution in [1.29, 1.82) is 0 Å².